The summed E-state index contributed by atoms with van der Waals surface area (Å²) in [6.45, 7) is 6.83. The quantitative estimate of drug-likeness (QED) is 0.470. The molecule has 0 spiro atoms. The van der Waals surface area contributed by atoms with Crippen LogP contribution in [0.25, 0.3) is 22.6 Å². The second-order valence-corrected chi connectivity index (χ2v) is 7.75. The number of tetrazole rings is 1. The first-order valence-electron chi connectivity index (χ1n) is 10.7. The van der Waals surface area contributed by atoms with Crippen molar-refractivity contribution >= 4 is 0 Å². The van der Waals surface area contributed by atoms with Gasteiger partial charge in [0, 0.05) is 35.3 Å². The van der Waals surface area contributed by atoms with Crippen LogP contribution in [0, 0.1) is 0 Å². The van der Waals surface area contributed by atoms with E-state index in [0.29, 0.717) is 12.4 Å². The van der Waals surface area contributed by atoms with Gasteiger partial charge in [-0.05, 0) is 41.8 Å². The summed E-state index contributed by atoms with van der Waals surface area (Å²) >= 11 is 0. The molecule has 0 radical (unpaired) electrons. The van der Waals surface area contributed by atoms with E-state index in [1.54, 1.807) is 0 Å². The molecule has 31 heavy (non-hydrogen) atoms. The van der Waals surface area contributed by atoms with E-state index in [9.17, 15) is 4.79 Å². The standard InChI is InChI=1S/C23H27N7O/c1-4-8-18-15-29(16(3)5-2)23(31)30(18)14-17-11-12-21(24-13-17)19-9-6-7-10-20(19)22-25-27-28-26-22/h6-7,9-13,15-16H,4-5,8,14H2,1-3H3,(H,25,26,27,28). The lowest BCUT2D eigenvalue weighted by molar-refractivity contribution is 0.504. The molecule has 1 aromatic carbocycles. The van der Waals surface area contributed by atoms with Crippen LogP contribution >= 0.6 is 0 Å². The van der Waals surface area contributed by atoms with Crippen molar-refractivity contribution in [3.05, 3.63) is 70.5 Å². The van der Waals surface area contributed by atoms with Crippen molar-refractivity contribution in [2.75, 3.05) is 0 Å². The van der Waals surface area contributed by atoms with E-state index in [2.05, 4.69) is 46.4 Å². The third-order valence-electron chi connectivity index (χ3n) is 5.63. The predicted molar refractivity (Wildman–Crippen MR) is 120 cm³/mol. The van der Waals surface area contributed by atoms with Gasteiger partial charge >= 0.3 is 5.69 Å². The van der Waals surface area contributed by atoms with Crippen LogP contribution in [0.1, 0.15) is 50.9 Å². The Morgan fingerprint density at radius 3 is 2.55 bits per heavy atom. The summed E-state index contributed by atoms with van der Waals surface area (Å²) in [5, 5.41) is 14.2. The van der Waals surface area contributed by atoms with Crippen molar-refractivity contribution in [3.8, 4) is 22.6 Å². The first-order chi connectivity index (χ1) is 15.1. The molecule has 3 aromatic heterocycles. The van der Waals surface area contributed by atoms with Crippen LogP contribution in [-0.4, -0.2) is 34.7 Å². The fourth-order valence-electron chi connectivity index (χ4n) is 3.73. The zero-order valence-corrected chi connectivity index (χ0v) is 18.1. The Morgan fingerprint density at radius 1 is 1.10 bits per heavy atom. The first kappa shape index (κ1) is 20.7. The molecular formula is C23H27N7O. The molecule has 8 heteroatoms. The highest BCUT2D eigenvalue weighted by atomic mass is 16.1. The summed E-state index contributed by atoms with van der Waals surface area (Å²) in [6.07, 6.45) is 6.65. The third-order valence-corrected chi connectivity index (χ3v) is 5.63. The van der Waals surface area contributed by atoms with Crippen LogP contribution in [0.5, 0.6) is 0 Å². The number of aryl methyl sites for hydroxylation is 1. The number of nitrogens with one attached hydrogen (secondary N) is 1. The molecule has 0 aliphatic rings. The molecule has 0 aliphatic heterocycles. The lowest BCUT2D eigenvalue weighted by Crippen LogP contribution is -2.27. The van der Waals surface area contributed by atoms with Crippen LogP contribution in [0.2, 0.25) is 0 Å². The summed E-state index contributed by atoms with van der Waals surface area (Å²) in [5.74, 6) is 0.601. The smallest absolute Gasteiger partial charge is 0.296 e. The minimum absolute atomic E-state index is 0.0463. The second-order valence-electron chi connectivity index (χ2n) is 7.75. The molecule has 1 atom stereocenters. The van der Waals surface area contributed by atoms with Crippen molar-refractivity contribution in [2.45, 2.75) is 52.6 Å². The van der Waals surface area contributed by atoms with Crippen molar-refractivity contribution in [1.82, 2.24) is 34.7 Å². The minimum atomic E-state index is 0.0463. The van der Waals surface area contributed by atoms with E-state index in [4.69, 9.17) is 0 Å². The number of rotatable bonds is 8. The first-order valence-corrected chi connectivity index (χ1v) is 10.7. The zero-order valence-electron chi connectivity index (χ0n) is 18.1. The van der Waals surface area contributed by atoms with Crippen molar-refractivity contribution in [3.63, 3.8) is 0 Å². The third kappa shape index (κ3) is 4.19. The van der Waals surface area contributed by atoms with Gasteiger partial charge in [0.2, 0.25) is 0 Å². The van der Waals surface area contributed by atoms with Crippen LogP contribution in [-0.2, 0) is 13.0 Å². The van der Waals surface area contributed by atoms with Crippen molar-refractivity contribution < 1.29 is 0 Å². The van der Waals surface area contributed by atoms with Crippen LogP contribution in [0.15, 0.2) is 53.6 Å². The number of benzene rings is 1. The predicted octanol–water partition coefficient (Wildman–Crippen LogP) is 3.86. The molecule has 0 saturated heterocycles. The van der Waals surface area contributed by atoms with Gasteiger partial charge in [-0.2, -0.15) is 0 Å². The second kappa shape index (κ2) is 9.07. The summed E-state index contributed by atoms with van der Waals surface area (Å²) in [6, 6.07) is 12.1. The Hall–Kier alpha value is -3.55. The van der Waals surface area contributed by atoms with Crippen LogP contribution < -0.4 is 5.69 Å². The number of nitrogens with zero attached hydrogens (tertiary/aromatic N) is 6. The molecule has 3 heterocycles. The van der Waals surface area contributed by atoms with E-state index >= 15 is 0 Å². The molecule has 4 aromatic rings. The van der Waals surface area contributed by atoms with Gasteiger partial charge in [0.1, 0.15) is 0 Å². The number of aromatic amines is 1. The minimum Gasteiger partial charge on any atom is -0.296 e. The van der Waals surface area contributed by atoms with Crippen molar-refractivity contribution in [1.29, 1.82) is 0 Å². The van der Waals surface area contributed by atoms with Gasteiger partial charge in [0.05, 0.1) is 12.2 Å². The summed E-state index contributed by atoms with van der Waals surface area (Å²) in [7, 11) is 0. The SMILES string of the molecule is CCCc1cn(C(C)CC)c(=O)n1Cc1ccc(-c2ccccc2-c2nnn[nH]2)nc1. The van der Waals surface area contributed by atoms with E-state index < -0.39 is 0 Å². The average molecular weight is 418 g/mol. The lowest BCUT2D eigenvalue weighted by atomic mass is 10.0. The molecular weight excluding hydrogens is 390 g/mol. The molecule has 8 nitrogen and oxygen atoms in total. The number of aromatic nitrogens is 7. The maximum atomic E-state index is 13.0. The summed E-state index contributed by atoms with van der Waals surface area (Å²) in [5.41, 5.74) is 4.77. The maximum Gasteiger partial charge on any atom is 0.328 e. The number of H-pyrrole nitrogens is 1. The molecule has 0 bridgehead atoms. The fraction of sp³-hybridized carbons (Fsp3) is 0.348. The Balaban J connectivity index is 1.64. The maximum absolute atomic E-state index is 13.0. The molecule has 0 amide bonds. The van der Waals surface area contributed by atoms with Crippen LogP contribution in [0.4, 0.5) is 0 Å². The topological polar surface area (TPSA) is 94.3 Å². The van der Waals surface area contributed by atoms with Crippen LogP contribution in [0.3, 0.4) is 0 Å². The van der Waals surface area contributed by atoms with Gasteiger partial charge in [-0.15, -0.1) is 5.10 Å². The zero-order chi connectivity index (χ0) is 21.8. The van der Waals surface area contributed by atoms with E-state index in [-0.39, 0.29) is 11.7 Å². The van der Waals surface area contributed by atoms with Gasteiger partial charge in [-0.3, -0.25) is 14.1 Å². The van der Waals surface area contributed by atoms with E-state index in [1.165, 1.54) is 0 Å². The molecule has 4 rings (SSSR count). The number of hydrogen-bond donors (Lipinski definition) is 1. The van der Waals surface area contributed by atoms with Gasteiger partial charge in [0.15, 0.2) is 5.82 Å². The number of imidazole rings is 1. The van der Waals surface area contributed by atoms with Gasteiger partial charge in [-0.1, -0.05) is 50.6 Å². The Labute approximate surface area is 181 Å². The van der Waals surface area contributed by atoms with Gasteiger partial charge in [-0.25, -0.2) is 9.89 Å². The monoisotopic (exact) mass is 417 g/mol. The highest BCUT2D eigenvalue weighted by Gasteiger charge is 2.15. The van der Waals surface area contributed by atoms with Crippen molar-refractivity contribution in [2.24, 2.45) is 0 Å². The molecule has 1 N–H and O–H groups in total. The number of hydrogen-bond acceptors (Lipinski definition) is 5. The highest BCUT2D eigenvalue weighted by molar-refractivity contribution is 5.78. The Bertz CT molecular complexity index is 1190. The number of pyridine rings is 1. The lowest BCUT2D eigenvalue weighted by Gasteiger charge is -2.10. The molecule has 160 valence electrons. The molecule has 0 aliphatic carbocycles. The van der Waals surface area contributed by atoms with E-state index in [0.717, 1.165) is 47.3 Å². The largest absolute Gasteiger partial charge is 0.328 e. The summed E-state index contributed by atoms with van der Waals surface area (Å²) < 4.78 is 3.73. The summed E-state index contributed by atoms with van der Waals surface area (Å²) in [4.78, 5) is 17.7. The Kier molecular flexibility index (Phi) is 6.06. The molecule has 0 saturated carbocycles. The molecule has 1 unspecified atom stereocenters. The highest BCUT2D eigenvalue weighted by Crippen LogP contribution is 2.28. The fourth-order valence-corrected chi connectivity index (χ4v) is 3.73. The van der Waals surface area contributed by atoms with Gasteiger partial charge < -0.3 is 0 Å². The molecule has 0 fully saturated rings. The van der Waals surface area contributed by atoms with Gasteiger partial charge in [0.25, 0.3) is 0 Å². The normalized spacial score (nSPS) is 12.2. The average Bonchev–Trinajstić information content (AvgIpc) is 3.44. The Morgan fingerprint density at radius 2 is 1.90 bits per heavy atom. The van der Waals surface area contributed by atoms with E-state index in [1.807, 2.05) is 57.9 Å².